The van der Waals surface area contributed by atoms with Gasteiger partial charge in [-0.3, -0.25) is 4.79 Å². The summed E-state index contributed by atoms with van der Waals surface area (Å²) < 4.78 is 17.5. The molecule has 1 aliphatic heterocycles. The Bertz CT molecular complexity index is 989. The highest BCUT2D eigenvalue weighted by Gasteiger charge is 2.45. The highest BCUT2D eigenvalue weighted by atomic mass is 16.7. The van der Waals surface area contributed by atoms with Crippen LogP contribution in [-0.4, -0.2) is 48.3 Å². The molecule has 0 saturated carbocycles. The lowest BCUT2D eigenvalue weighted by atomic mass is 9.87. The van der Waals surface area contributed by atoms with Crippen molar-refractivity contribution >= 4 is 12.1 Å². The first-order chi connectivity index (χ1) is 15.7. The summed E-state index contributed by atoms with van der Waals surface area (Å²) in [5.41, 5.74) is 4.65. The Hall–Kier alpha value is -2.90. The van der Waals surface area contributed by atoms with Gasteiger partial charge in [-0.25, -0.2) is 4.79 Å². The monoisotopic (exact) mass is 453 g/mol. The average molecular weight is 454 g/mol. The first-order valence-corrected chi connectivity index (χ1v) is 11.3. The predicted octanol–water partition coefficient (Wildman–Crippen LogP) is 4.40. The summed E-state index contributed by atoms with van der Waals surface area (Å²) in [4.78, 5) is 24.0. The highest BCUT2D eigenvalue weighted by molar-refractivity contribution is 5.79. The van der Waals surface area contributed by atoms with Gasteiger partial charge in [0.25, 0.3) is 0 Å². The number of ether oxygens (including phenoxy) is 3. The number of rotatable bonds is 6. The molecule has 0 aromatic heterocycles. The quantitative estimate of drug-likeness (QED) is 0.673. The first kappa shape index (κ1) is 23.3. The Balaban J connectivity index is 1.37. The number of alkyl carbamates (subject to hydrolysis) is 1. The number of carboxylic acids is 1. The summed E-state index contributed by atoms with van der Waals surface area (Å²) in [7, 11) is 0. The molecule has 2 aromatic rings. The van der Waals surface area contributed by atoms with Crippen LogP contribution >= 0.6 is 0 Å². The van der Waals surface area contributed by atoms with Crippen molar-refractivity contribution < 1.29 is 28.9 Å². The highest BCUT2D eigenvalue weighted by Crippen LogP contribution is 2.44. The number of hydrogen-bond donors (Lipinski definition) is 2. The largest absolute Gasteiger partial charge is 0.481 e. The molecule has 4 rings (SSSR count). The molecule has 0 radical (unpaired) electrons. The molecule has 2 aliphatic rings. The lowest BCUT2D eigenvalue weighted by Crippen LogP contribution is -2.56. The summed E-state index contributed by atoms with van der Waals surface area (Å²) in [5, 5.41) is 12.2. The average Bonchev–Trinajstić information content (AvgIpc) is 3.11. The molecule has 2 aromatic carbocycles. The van der Waals surface area contributed by atoms with Crippen LogP contribution in [0.3, 0.4) is 0 Å². The van der Waals surface area contributed by atoms with Crippen LogP contribution in [0.4, 0.5) is 4.79 Å². The lowest BCUT2D eigenvalue weighted by molar-refractivity contribution is -0.323. The van der Waals surface area contributed by atoms with E-state index < -0.39 is 36.0 Å². The van der Waals surface area contributed by atoms with E-state index in [2.05, 4.69) is 29.6 Å². The summed E-state index contributed by atoms with van der Waals surface area (Å²) in [6, 6.07) is 16.4. The van der Waals surface area contributed by atoms with Gasteiger partial charge < -0.3 is 24.6 Å². The second kappa shape index (κ2) is 9.15. The lowest BCUT2D eigenvalue weighted by Gasteiger charge is -2.46. The van der Waals surface area contributed by atoms with Crippen LogP contribution < -0.4 is 5.32 Å². The maximum atomic E-state index is 12.5. The van der Waals surface area contributed by atoms with E-state index in [0.717, 1.165) is 11.1 Å². The fourth-order valence-electron chi connectivity index (χ4n) is 4.91. The van der Waals surface area contributed by atoms with Crippen molar-refractivity contribution in [3.8, 4) is 11.1 Å². The molecule has 1 amide bonds. The number of hydrogen-bond acceptors (Lipinski definition) is 5. The Morgan fingerprint density at radius 1 is 1.06 bits per heavy atom. The van der Waals surface area contributed by atoms with Gasteiger partial charge in [-0.05, 0) is 43.0 Å². The third kappa shape index (κ3) is 4.75. The molecule has 0 bridgehead atoms. The third-order valence-electron chi connectivity index (χ3n) is 6.63. The number of aliphatic carboxylic acids is 1. The Morgan fingerprint density at radius 2 is 1.64 bits per heavy atom. The van der Waals surface area contributed by atoms with Crippen LogP contribution in [0, 0.1) is 11.8 Å². The molecular formula is C26H31NO6. The summed E-state index contributed by atoms with van der Waals surface area (Å²) in [5.74, 6) is -2.80. The minimum atomic E-state index is -0.950. The van der Waals surface area contributed by atoms with E-state index in [1.807, 2.05) is 31.2 Å². The summed E-state index contributed by atoms with van der Waals surface area (Å²) >= 11 is 0. The second-order valence-corrected chi connectivity index (χ2v) is 9.33. The molecule has 2 N–H and O–H groups in total. The van der Waals surface area contributed by atoms with Crippen molar-refractivity contribution in [1.29, 1.82) is 0 Å². The van der Waals surface area contributed by atoms with Gasteiger partial charge in [0.05, 0.1) is 18.1 Å². The topological polar surface area (TPSA) is 94.1 Å². The van der Waals surface area contributed by atoms with Crippen LogP contribution in [0.5, 0.6) is 0 Å². The summed E-state index contributed by atoms with van der Waals surface area (Å²) in [6.07, 6.45) is -1.46. The zero-order valence-corrected chi connectivity index (χ0v) is 19.4. The molecule has 1 heterocycles. The third-order valence-corrected chi connectivity index (χ3v) is 6.63. The van der Waals surface area contributed by atoms with Crippen LogP contribution in [0.2, 0.25) is 0 Å². The summed E-state index contributed by atoms with van der Waals surface area (Å²) in [6.45, 7) is 7.44. The van der Waals surface area contributed by atoms with Crippen molar-refractivity contribution in [2.45, 2.75) is 51.6 Å². The van der Waals surface area contributed by atoms with Gasteiger partial charge >= 0.3 is 12.1 Å². The molecule has 4 atom stereocenters. The maximum Gasteiger partial charge on any atom is 0.407 e. The van der Waals surface area contributed by atoms with Crippen LogP contribution in [0.15, 0.2) is 48.5 Å². The SMILES string of the molecule is C[C@@H]1[C@H]([C@H](C)C(=O)O)OC(C)(C)O[C@@H]1CNC(=O)OCC1c2ccccc2-c2ccccc21. The van der Waals surface area contributed by atoms with E-state index in [-0.39, 0.29) is 25.0 Å². The second-order valence-electron chi connectivity index (χ2n) is 9.33. The number of carbonyl (C=O) groups excluding carboxylic acids is 1. The maximum absolute atomic E-state index is 12.5. The van der Waals surface area contributed by atoms with Crippen molar-refractivity contribution in [3.63, 3.8) is 0 Å². The van der Waals surface area contributed by atoms with Crippen molar-refractivity contribution in [3.05, 3.63) is 59.7 Å². The Labute approximate surface area is 194 Å². The predicted molar refractivity (Wildman–Crippen MR) is 123 cm³/mol. The fourth-order valence-corrected chi connectivity index (χ4v) is 4.91. The molecule has 33 heavy (non-hydrogen) atoms. The zero-order chi connectivity index (χ0) is 23.8. The Morgan fingerprint density at radius 3 is 2.21 bits per heavy atom. The standard InChI is InChI=1S/C26H31NO6/c1-15-22(32-26(3,4)33-23(15)16(2)24(28)29)13-27-25(30)31-14-21-19-11-7-5-9-17(19)18-10-6-8-12-20(18)21/h5-12,15-16,21-23H,13-14H2,1-4H3,(H,27,30)(H,28,29)/t15-,16-,22+,23+/m0/s1. The number of carboxylic acid groups (broad SMARTS) is 1. The minimum Gasteiger partial charge on any atom is -0.481 e. The molecule has 0 unspecified atom stereocenters. The van der Waals surface area contributed by atoms with Crippen LogP contribution in [0.1, 0.15) is 44.7 Å². The molecule has 1 fully saturated rings. The number of nitrogens with one attached hydrogen (secondary N) is 1. The van der Waals surface area contributed by atoms with Crippen molar-refractivity contribution in [2.75, 3.05) is 13.2 Å². The van der Waals surface area contributed by atoms with Gasteiger partial charge in [0.15, 0.2) is 5.79 Å². The smallest absolute Gasteiger partial charge is 0.407 e. The van der Waals surface area contributed by atoms with E-state index in [1.54, 1.807) is 20.8 Å². The van der Waals surface area contributed by atoms with Gasteiger partial charge in [0, 0.05) is 18.4 Å². The van der Waals surface area contributed by atoms with Crippen LogP contribution in [-0.2, 0) is 19.0 Å². The van der Waals surface area contributed by atoms with Crippen LogP contribution in [0.25, 0.3) is 11.1 Å². The number of benzene rings is 2. The van der Waals surface area contributed by atoms with E-state index in [1.165, 1.54) is 11.1 Å². The Kier molecular flexibility index (Phi) is 6.45. The number of amides is 1. The van der Waals surface area contributed by atoms with Gasteiger partial charge in [0.2, 0.25) is 0 Å². The zero-order valence-electron chi connectivity index (χ0n) is 19.4. The fraction of sp³-hybridized carbons (Fsp3) is 0.462. The molecule has 176 valence electrons. The normalized spacial score (nSPS) is 24.4. The first-order valence-electron chi connectivity index (χ1n) is 11.3. The van der Waals surface area contributed by atoms with Gasteiger partial charge in [-0.1, -0.05) is 55.5 Å². The molecule has 1 saturated heterocycles. The van der Waals surface area contributed by atoms with Crippen molar-refractivity contribution in [1.82, 2.24) is 5.32 Å². The van der Waals surface area contributed by atoms with Gasteiger partial charge in [-0.2, -0.15) is 0 Å². The van der Waals surface area contributed by atoms with Gasteiger partial charge in [0.1, 0.15) is 6.61 Å². The van der Waals surface area contributed by atoms with E-state index in [0.29, 0.717) is 0 Å². The molecular weight excluding hydrogens is 422 g/mol. The van der Waals surface area contributed by atoms with Gasteiger partial charge in [-0.15, -0.1) is 0 Å². The van der Waals surface area contributed by atoms with E-state index >= 15 is 0 Å². The van der Waals surface area contributed by atoms with E-state index in [4.69, 9.17) is 14.2 Å². The molecule has 7 nitrogen and oxygen atoms in total. The molecule has 7 heteroatoms. The molecule has 0 spiro atoms. The minimum absolute atomic E-state index is 0.0128. The number of carbonyl (C=O) groups is 2. The molecule has 1 aliphatic carbocycles. The number of fused-ring (bicyclic) bond motifs is 3. The van der Waals surface area contributed by atoms with E-state index in [9.17, 15) is 14.7 Å². The van der Waals surface area contributed by atoms with Crippen molar-refractivity contribution in [2.24, 2.45) is 11.8 Å².